The zero-order valence-corrected chi connectivity index (χ0v) is 21.1. The Labute approximate surface area is 198 Å². The van der Waals surface area contributed by atoms with Crippen LogP contribution in [0.1, 0.15) is 71.6 Å². The third kappa shape index (κ3) is 6.98. The second kappa shape index (κ2) is 12.3. The van der Waals surface area contributed by atoms with Gasteiger partial charge in [-0.3, -0.25) is 19.6 Å². The molecule has 178 valence electrons. The van der Waals surface area contributed by atoms with Crippen LogP contribution in [0, 0.1) is 5.92 Å². The Bertz CT molecular complexity index is 957. The van der Waals surface area contributed by atoms with E-state index in [0.717, 1.165) is 34.4 Å². The minimum Gasteiger partial charge on any atom is -0.348 e. The number of nitrogens with one attached hydrogen (secondary N) is 1. The Morgan fingerprint density at radius 2 is 1.82 bits per heavy atom. The van der Waals surface area contributed by atoms with Crippen molar-refractivity contribution in [3.63, 3.8) is 0 Å². The summed E-state index contributed by atoms with van der Waals surface area (Å²) in [5, 5.41) is 3.11. The van der Waals surface area contributed by atoms with Gasteiger partial charge in [-0.15, -0.1) is 0 Å². The average molecular weight is 451 g/mol. The molecule has 6 nitrogen and oxygen atoms in total. The number of likely N-dealkylation sites (tertiary alicyclic amines) is 1. The molecule has 1 fully saturated rings. The van der Waals surface area contributed by atoms with E-state index in [2.05, 4.69) is 15.3 Å². The molecule has 3 atom stereocenters. The highest BCUT2D eigenvalue weighted by Gasteiger charge is 2.36. The number of hydrogen-bond acceptors (Lipinski definition) is 4. The Morgan fingerprint density at radius 3 is 2.42 bits per heavy atom. The standard InChI is InChI=1S/C27H38N4O2/c1-8-29-17-19(3)23-11-13-24(14-12-23)22(6)30-26(32)25-10-9-15-31(25)27(33)21(5)18(2)16-20(4)28-7/h8,11-14,16-17,21-22,25H,9-10,15H2,1-7H3,(H,30,32)/b18-16+,19-17+,28-20-,29-8-. The van der Waals surface area contributed by atoms with Crippen molar-refractivity contribution in [3.8, 4) is 0 Å². The highest BCUT2D eigenvalue weighted by molar-refractivity contribution is 5.95. The van der Waals surface area contributed by atoms with Gasteiger partial charge in [-0.25, -0.2) is 0 Å². The van der Waals surface area contributed by atoms with Crippen LogP contribution in [0.25, 0.3) is 5.57 Å². The normalized spacial score (nSPS) is 19.7. The van der Waals surface area contributed by atoms with Gasteiger partial charge in [-0.1, -0.05) is 29.8 Å². The van der Waals surface area contributed by atoms with Crippen LogP contribution < -0.4 is 5.32 Å². The fourth-order valence-corrected chi connectivity index (χ4v) is 3.95. The maximum absolute atomic E-state index is 13.2. The second-order valence-corrected chi connectivity index (χ2v) is 8.74. The lowest BCUT2D eigenvalue weighted by Crippen LogP contribution is -2.48. The Balaban J connectivity index is 2.06. The van der Waals surface area contributed by atoms with Gasteiger partial charge in [-0.05, 0) is 77.2 Å². The average Bonchev–Trinajstić information content (AvgIpc) is 3.31. The van der Waals surface area contributed by atoms with Crippen molar-refractivity contribution in [3.05, 3.63) is 53.2 Å². The van der Waals surface area contributed by atoms with Gasteiger partial charge in [-0.2, -0.15) is 0 Å². The van der Waals surface area contributed by atoms with Gasteiger partial charge >= 0.3 is 0 Å². The molecule has 1 aliphatic heterocycles. The van der Waals surface area contributed by atoms with E-state index in [0.29, 0.717) is 13.0 Å². The monoisotopic (exact) mass is 450 g/mol. The molecule has 2 amide bonds. The molecule has 1 aromatic carbocycles. The summed E-state index contributed by atoms with van der Waals surface area (Å²) in [4.78, 5) is 36.3. The molecule has 1 heterocycles. The summed E-state index contributed by atoms with van der Waals surface area (Å²) in [7, 11) is 1.74. The molecule has 1 aromatic rings. The van der Waals surface area contributed by atoms with E-state index in [9.17, 15) is 9.59 Å². The summed E-state index contributed by atoms with van der Waals surface area (Å²) >= 11 is 0. The number of carbonyl (C=O) groups is 2. The molecule has 2 rings (SSSR count). The van der Waals surface area contributed by atoms with Crippen LogP contribution >= 0.6 is 0 Å². The molecule has 0 aromatic heterocycles. The highest BCUT2D eigenvalue weighted by atomic mass is 16.2. The number of carbonyl (C=O) groups excluding carboxylic acids is 2. The van der Waals surface area contributed by atoms with Crippen LogP contribution in [0.5, 0.6) is 0 Å². The van der Waals surface area contributed by atoms with Crippen LogP contribution in [0.2, 0.25) is 0 Å². The topological polar surface area (TPSA) is 74.1 Å². The Hall–Kier alpha value is -3.02. The number of allylic oxidation sites excluding steroid dienone is 2. The summed E-state index contributed by atoms with van der Waals surface area (Å²) in [5.41, 5.74) is 5.03. The summed E-state index contributed by atoms with van der Waals surface area (Å²) in [6.07, 6.45) is 7.05. The van der Waals surface area contributed by atoms with E-state index < -0.39 is 6.04 Å². The van der Waals surface area contributed by atoms with Gasteiger partial charge in [0.1, 0.15) is 6.04 Å². The molecule has 3 unspecified atom stereocenters. The molecular weight excluding hydrogens is 412 g/mol. The molecule has 6 heteroatoms. The lowest BCUT2D eigenvalue weighted by molar-refractivity contribution is -0.140. The number of aliphatic imine (C=N–C) groups is 2. The fraction of sp³-hybridized carbons (Fsp3) is 0.481. The number of amides is 2. The maximum Gasteiger partial charge on any atom is 0.243 e. The molecular formula is C27H38N4O2. The number of hydrogen-bond donors (Lipinski definition) is 1. The van der Waals surface area contributed by atoms with E-state index >= 15 is 0 Å². The predicted molar refractivity (Wildman–Crippen MR) is 138 cm³/mol. The fourth-order valence-electron chi connectivity index (χ4n) is 3.95. The lowest BCUT2D eigenvalue weighted by atomic mass is 9.99. The smallest absolute Gasteiger partial charge is 0.243 e. The summed E-state index contributed by atoms with van der Waals surface area (Å²) < 4.78 is 0. The lowest BCUT2D eigenvalue weighted by Gasteiger charge is -2.28. The van der Waals surface area contributed by atoms with Crippen molar-refractivity contribution >= 4 is 29.3 Å². The molecule has 0 bridgehead atoms. The van der Waals surface area contributed by atoms with Crippen molar-refractivity contribution in [2.75, 3.05) is 13.6 Å². The van der Waals surface area contributed by atoms with Gasteiger partial charge in [0.2, 0.25) is 11.8 Å². The maximum atomic E-state index is 13.2. The summed E-state index contributed by atoms with van der Waals surface area (Å²) in [6, 6.07) is 7.56. The van der Waals surface area contributed by atoms with Crippen molar-refractivity contribution < 1.29 is 9.59 Å². The van der Waals surface area contributed by atoms with E-state index in [1.165, 1.54) is 0 Å². The van der Waals surface area contributed by atoms with Gasteiger partial charge in [0.25, 0.3) is 0 Å². The van der Waals surface area contributed by atoms with Gasteiger partial charge in [0.15, 0.2) is 0 Å². The minimum absolute atomic E-state index is 0.000639. The van der Waals surface area contributed by atoms with Gasteiger partial charge < -0.3 is 10.2 Å². The minimum atomic E-state index is -0.424. The number of nitrogens with zero attached hydrogens (tertiary/aromatic N) is 3. The first-order valence-corrected chi connectivity index (χ1v) is 11.7. The van der Waals surface area contributed by atoms with Crippen LogP contribution in [-0.4, -0.2) is 48.3 Å². The molecule has 0 saturated carbocycles. The van der Waals surface area contributed by atoms with Crippen LogP contribution in [0.3, 0.4) is 0 Å². The van der Waals surface area contributed by atoms with Crippen molar-refractivity contribution in [1.82, 2.24) is 10.2 Å². The molecule has 1 saturated heterocycles. The highest BCUT2D eigenvalue weighted by Crippen LogP contribution is 2.24. The third-order valence-electron chi connectivity index (χ3n) is 6.32. The molecule has 0 radical (unpaired) electrons. The largest absolute Gasteiger partial charge is 0.348 e. The van der Waals surface area contributed by atoms with Crippen molar-refractivity contribution in [2.45, 2.75) is 66.5 Å². The van der Waals surface area contributed by atoms with E-state index in [1.807, 2.05) is 78.1 Å². The summed E-state index contributed by atoms with van der Waals surface area (Å²) in [6.45, 7) is 12.3. The van der Waals surface area contributed by atoms with E-state index in [4.69, 9.17) is 0 Å². The first-order valence-electron chi connectivity index (χ1n) is 11.7. The zero-order chi connectivity index (χ0) is 24.5. The second-order valence-electron chi connectivity index (χ2n) is 8.74. The molecule has 33 heavy (non-hydrogen) atoms. The van der Waals surface area contributed by atoms with E-state index in [-0.39, 0.29) is 23.8 Å². The Kier molecular flexibility index (Phi) is 9.76. The van der Waals surface area contributed by atoms with Crippen LogP contribution in [-0.2, 0) is 9.59 Å². The van der Waals surface area contributed by atoms with Crippen LogP contribution in [0.4, 0.5) is 0 Å². The zero-order valence-electron chi connectivity index (χ0n) is 21.1. The summed E-state index contributed by atoms with van der Waals surface area (Å²) in [5.74, 6) is -0.376. The first-order chi connectivity index (χ1) is 15.7. The quantitative estimate of drug-likeness (QED) is 0.567. The van der Waals surface area contributed by atoms with E-state index in [1.54, 1.807) is 18.2 Å². The van der Waals surface area contributed by atoms with Gasteiger partial charge in [0, 0.05) is 31.7 Å². The first kappa shape index (κ1) is 26.2. The number of rotatable bonds is 8. The molecule has 0 spiro atoms. The molecule has 0 aliphatic carbocycles. The van der Waals surface area contributed by atoms with Crippen molar-refractivity contribution in [2.24, 2.45) is 15.9 Å². The molecule has 1 N–H and O–H groups in total. The number of benzene rings is 1. The third-order valence-corrected chi connectivity index (χ3v) is 6.32. The SMILES string of the molecule is C/C=N\C=C(/C)c1ccc(C(C)NC(=O)C2CCCN2C(=O)C(C)/C(C)=C/C(C)=N\C)cc1. The van der Waals surface area contributed by atoms with Gasteiger partial charge in [0.05, 0.1) is 12.0 Å². The Morgan fingerprint density at radius 1 is 1.15 bits per heavy atom. The predicted octanol–water partition coefficient (Wildman–Crippen LogP) is 4.98. The molecule has 1 aliphatic rings. The van der Waals surface area contributed by atoms with Crippen LogP contribution in [0.15, 0.2) is 52.1 Å². The van der Waals surface area contributed by atoms with Crippen molar-refractivity contribution in [1.29, 1.82) is 0 Å².